The molecule has 0 spiro atoms. The van der Waals surface area contributed by atoms with Crippen LogP contribution in [0, 0.1) is 0 Å². The van der Waals surface area contributed by atoms with Crippen molar-refractivity contribution >= 4 is 11.9 Å². The molecule has 0 aliphatic carbocycles. The smallest absolute Gasteiger partial charge is 0.409 e. The number of nitrogens with two attached hydrogens (primary N) is 1. The molecule has 1 rings (SSSR count). The van der Waals surface area contributed by atoms with Gasteiger partial charge >= 0.3 is 6.18 Å². The first-order valence-corrected chi connectivity index (χ1v) is 4.26. The van der Waals surface area contributed by atoms with Gasteiger partial charge in [-0.1, -0.05) is 23.4 Å². The molecular weight excluding hydrogens is 221 g/mol. The van der Waals surface area contributed by atoms with Crippen LogP contribution >= 0.6 is 0 Å². The highest BCUT2D eigenvalue weighted by Crippen LogP contribution is 2.29. The lowest BCUT2D eigenvalue weighted by molar-refractivity contribution is -0.137. The number of benzene rings is 1. The highest BCUT2D eigenvalue weighted by Gasteiger charge is 2.29. The summed E-state index contributed by atoms with van der Waals surface area (Å²) in [6, 6.07) is 4.52. The minimum atomic E-state index is -4.34. The summed E-state index contributed by atoms with van der Waals surface area (Å²) in [6.07, 6.45) is -1.62. The molecule has 1 aromatic rings. The molecule has 0 fully saturated rings. The van der Waals surface area contributed by atoms with Gasteiger partial charge in [-0.3, -0.25) is 0 Å². The molecule has 0 aromatic heterocycles. The van der Waals surface area contributed by atoms with E-state index in [4.69, 9.17) is 10.9 Å². The largest absolute Gasteiger partial charge is 0.416 e. The second kappa shape index (κ2) is 4.69. The Labute approximate surface area is 89.7 Å². The molecule has 0 bridgehead atoms. The van der Waals surface area contributed by atoms with E-state index in [-0.39, 0.29) is 5.84 Å². The van der Waals surface area contributed by atoms with E-state index in [0.29, 0.717) is 5.56 Å². The molecule has 1 aromatic carbocycles. The molecule has 0 saturated carbocycles. The van der Waals surface area contributed by atoms with Gasteiger partial charge in [0.05, 0.1) is 5.56 Å². The highest BCUT2D eigenvalue weighted by atomic mass is 19.4. The average Bonchev–Trinajstić information content (AvgIpc) is 2.25. The summed E-state index contributed by atoms with van der Waals surface area (Å²) in [4.78, 5) is 0. The topological polar surface area (TPSA) is 58.6 Å². The lowest BCUT2D eigenvalue weighted by Crippen LogP contribution is -2.06. The van der Waals surface area contributed by atoms with Gasteiger partial charge in [0.1, 0.15) is 0 Å². The van der Waals surface area contributed by atoms with Crippen molar-refractivity contribution in [2.75, 3.05) is 0 Å². The van der Waals surface area contributed by atoms with E-state index in [0.717, 1.165) is 12.1 Å². The molecule has 3 N–H and O–H groups in total. The zero-order valence-corrected chi connectivity index (χ0v) is 8.07. The van der Waals surface area contributed by atoms with Crippen molar-refractivity contribution < 1.29 is 18.4 Å². The molecule has 3 nitrogen and oxygen atoms in total. The predicted molar refractivity (Wildman–Crippen MR) is 53.9 cm³/mol. The van der Waals surface area contributed by atoms with Crippen molar-refractivity contribution in [3.8, 4) is 0 Å². The highest BCUT2D eigenvalue weighted by molar-refractivity contribution is 5.94. The summed E-state index contributed by atoms with van der Waals surface area (Å²) in [7, 11) is 0. The van der Waals surface area contributed by atoms with Crippen LogP contribution in [0.2, 0.25) is 0 Å². The molecule has 0 saturated heterocycles. The Morgan fingerprint density at radius 2 is 1.81 bits per heavy atom. The SMILES string of the molecule is NC(/C=C/c1ccc(C(F)(F)F)cc1)=NO. The number of alkyl halides is 3. The van der Waals surface area contributed by atoms with Crippen LogP contribution in [0.15, 0.2) is 35.5 Å². The van der Waals surface area contributed by atoms with E-state index in [9.17, 15) is 13.2 Å². The van der Waals surface area contributed by atoms with E-state index >= 15 is 0 Å². The van der Waals surface area contributed by atoms with Crippen LogP contribution < -0.4 is 5.73 Å². The number of hydrogen-bond donors (Lipinski definition) is 2. The predicted octanol–water partition coefficient (Wildman–Crippen LogP) is 2.46. The van der Waals surface area contributed by atoms with E-state index < -0.39 is 11.7 Å². The first kappa shape index (κ1) is 12.1. The van der Waals surface area contributed by atoms with Crippen LogP contribution in [0.1, 0.15) is 11.1 Å². The molecule has 0 aliphatic rings. The zero-order valence-electron chi connectivity index (χ0n) is 8.07. The van der Waals surface area contributed by atoms with Gasteiger partial charge in [-0.05, 0) is 23.8 Å². The molecule has 0 heterocycles. The third-order valence-electron chi connectivity index (χ3n) is 1.80. The molecule has 0 unspecified atom stereocenters. The van der Waals surface area contributed by atoms with Gasteiger partial charge in [0, 0.05) is 0 Å². The first-order chi connectivity index (χ1) is 7.43. The Bertz CT molecular complexity index is 407. The second-order valence-electron chi connectivity index (χ2n) is 2.98. The Hall–Kier alpha value is -1.98. The standard InChI is InChI=1S/C10H9F3N2O/c11-10(12,13)8-4-1-7(2-5-8)3-6-9(14)15-16/h1-6,16H,(H2,14,15)/b6-3+. The van der Waals surface area contributed by atoms with Gasteiger partial charge in [-0.15, -0.1) is 0 Å². The maximum atomic E-state index is 12.2. The maximum absolute atomic E-state index is 12.2. The van der Waals surface area contributed by atoms with Crippen LogP contribution in [-0.2, 0) is 6.18 Å². The number of oxime groups is 1. The van der Waals surface area contributed by atoms with Crippen LogP contribution in [0.5, 0.6) is 0 Å². The average molecular weight is 230 g/mol. The van der Waals surface area contributed by atoms with E-state index in [1.807, 2.05) is 0 Å². The molecule has 6 heteroatoms. The van der Waals surface area contributed by atoms with Gasteiger partial charge in [-0.2, -0.15) is 13.2 Å². The molecule has 16 heavy (non-hydrogen) atoms. The third kappa shape index (κ3) is 3.30. The molecule has 0 amide bonds. The summed E-state index contributed by atoms with van der Waals surface area (Å²) >= 11 is 0. The van der Waals surface area contributed by atoms with E-state index in [1.54, 1.807) is 0 Å². The van der Waals surface area contributed by atoms with Gasteiger partial charge in [0.15, 0.2) is 5.84 Å². The lowest BCUT2D eigenvalue weighted by atomic mass is 10.1. The zero-order chi connectivity index (χ0) is 12.2. The molecule has 0 radical (unpaired) electrons. The number of nitrogens with zero attached hydrogens (tertiary/aromatic N) is 1. The fraction of sp³-hybridized carbons (Fsp3) is 0.100. The lowest BCUT2D eigenvalue weighted by Gasteiger charge is -2.05. The van der Waals surface area contributed by atoms with Crippen molar-refractivity contribution in [2.45, 2.75) is 6.18 Å². The summed E-state index contributed by atoms with van der Waals surface area (Å²) in [5, 5.41) is 10.9. The third-order valence-corrected chi connectivity index (χ3v) is 1.80. The van der Waals surface area contributed by atoms with Crippen molar-refractivity contribution in [3.05, 3.63) is 41.5 Å². The Morgan fingerprint density at radius 1 is 1.25 bits per heavy atom. The molecule has 0 aliphatic heterocycles. The van der Waals surface area contributed by atoms with Crippen LogP contribution in [0.3, 0.4) is 0 Å². The fourth-order valence-corrected chi connectivity index (χ4v) is 0.998. The summed E-state index contributed by atoms with van der Waals surface area (Å²) < 4.78 is 36.6. The minimum absolute atomic E-state index is 0.125. The summed E-state index contributed by atoms with van der Waals surface area (Å²) in [6.45, 7) is 0. The molecular formula is C10H9F3N2O. The monoisotopic (exact) mass is 230 g/mol. The van der Waals surface area contributed by atoms with Crippen LogP contribution in [0.4, 0.5) is 13.2 Å². The molecule has 86 valence electrons. The van der Waals surface area contributed by atoms with Crippen molar-refractivity contribution in [2.24, 2.45) is 10.9 Å². The minimum Gasteiger partial charge on any atom is -0.409 e. The Morgan fingerprint density at radius 3 is 2.25 bits per heavy atom. The Balaban J connectivity index is 2.84. The second-order valence-corrected chi connectivity index (χ2v) is 2.98. The van der Waals surface area contributed by atoms with Crippen LogP contribution in [0.25, 0.3) is 6.08 Å². The maximum Gasteiger partial charge on any atom is 0.416 e. The van der Waals surface area contributed by atoms with Crippen molar-refractivity contribution in [1.82, 2.24) is 0 Å². The number of rotatable bonds is 2. The van der Waals surface area contributed by atoms with Crippen molar-refractivity contribution in [3.63, 3.8) is 0 Å². The fourth-order valence-electron chi connectivity index (χ4n) is 0.998. The summed E-state index contributed by atoms with van der Waals surface area (Å²) in [5.41, 5.74) is 4.97. The van der Waals surface area contributed by atoms with Gasteiger partial charge in [0.25, 0.3) is 0 Å². The quantitative estimate of drug-likeness (QED) is 0.355. The van der Waals surface area contributed by atoms with Crippen LogP contribution in [-0.4, -0.2) is 11.0 Å². The van der Waals surface area contributed by atoms with Crippen molar-refractivity contribution in [1.29, 1.82) is 0 Å². The number of hydrogen-bond acceptors (Lipinski definition) is 2. The Kier molecular flexibility index (Phi) is 3.55. The number of amidine groups is 1. The number of halogens is 3. The van der Waals surface area contributed by atoms with Gasteiger partial charge in [0.2, 0.25) is 0 Å². The first-order valence-electron chi connectivity index (χ1n) is 4.26. The van der Waals surface area contributed by atoms with E-state index in [1.165, 1.54) is 24.3 Å². The normalized spacial score (nSPS) is 13.3. The van der Waals surface area contributed by atoms with E-state index in [2.05, 4.69) is 5.16 Å². The molecule has 0 atom stereocenters. The van der Waals surface area contributed by atoms with Gasteiger partial charge in [-0.25, -0.2) is 0 Å². The van der Waals surface area contributed by atoms with Gasteiger partial charge < -0.3 is 10.9 Å². The summed E-state index contributed by atoms with van der Waals surface area (Å²) in [5.74, 6) is -0.125.